The fourth-order valence-electron chi connectivity index (χ4n) is 3.67. The number of hydrogen-bond acceptors (Lipinski definition) is 4. The molecule has 4 rings (SSSR count). The number of rotatable bonds is 5. The van der Waals surface area contributed by atoms with E-state index < -0.39 is 10.0 Å². The molecule has 7 nitrogen and oxygen atoms in total. The van der Waals surface area contributed by atoms with Gasteiger partial charge in [-0.2, -0.15) is 0 Å². The summed E-state index contributed by atoms with van der Waals surface area (Å²) in [4.78, 5) is 9.79. The first-order chi connectivity index (χ1) is 13.7. The van der Waals surface area contributed by atoms with Gasteiger partial charge >= 0.3 is 0 Å². The first-order valence-corrected chi connectivity index (χ1v) is 11.2. The molecule has 0 aliphatic heterocycles. The molecule has 0 saturated carbocycles. The Bertz CT molecular complexity index is 1320. The molecule has 0 aliphatic rings. The highest BCUT2D eigenvalue weighted by molar-refractivity contribution is 7.89. The third-order valence-electron chi connectivity index (χ3n) is 4.82. The van der Waals surface area contributed by atoms with E-state index in [4.69, 9.17) is 9.97 Å². The number of hydrogen-bond donors (Lipinski definition) is 1. The van der Waals surface area contributed by atoms with Gasteiger partial charge in [0.25, 0.3) is 0 Å². The predicted molar refractivity (Wildman–Crippen MR) is 114 cm³/mol. The van der Waals surface area contributed by atoms with Crippen molar-refractivity contribution in [3.05, 3.63) is 48.4 Å². The second-order valence-corrected chi connectivity index (χ2v) is 9.50. The minimum Gasteiger partial charge on any atom is -0.320 e. The van der Waals surface area contributed by atoms with Gasteiger partial charge in [-0.1, -0.05) is 6.07 Å². The zero-order valence-electron chi connectivity index (χ0n) is 17.2. The summed E-state index contributed by atoms with van der Waals surface area (Å²) in [5.41, 5.74) is 3.28. The van der Waals surface area contributed by atoms with Crippen molar-refractivity contribution in [2.45, 2.75) is 51.6 Å². The van der Waals surface area contributed by atoms with Gasteiger partial charge in [-0.15, -0.1) is 0 Å². The average Bonchev–Trinajstić information content (AvgIpc) is 3.18. The van der Waals surface area contributed by atoms with E-state index in [2.05, 4.69) is 23.1 Å². The van der Waals surface area contributed by atoms with Crippen molar-refractivity contribution in [3.63, 3.8) is 0 Å². The number of fused-ring (bicyclic) bond motifs is 2. The molecular formula is C21H25N5O2S. The molecule has 3 aromatic heterocycles. The van der Waals surface area contributed by atoms with Crippen molar-refractivity contribution in [2.75, 3.05) is 0 Å². The van der Waals surface area contributed by atoms with Crippen molar-refractivity contribution in [3.8, 4) is 11.5 Å². The Hall–Kier alpha value is -2.71. The van der Waals surface area contributed by atoms with Crippen LogP contribution in [0.3, 0.4) is 0 Å². The molecule has 0 saturated heterocycles. The first-order valence-electron chi connectivity index (χ1n) is 9.67. The summed E-state index contributed by atoms with van der Waals surface area (Å²) in [6, 6.07) is 11.0. The molecule has 8 heteroatoms. The normalized spacial score (nSPS) is 12.7. The molecule has 0 fully saturated rings. The molecule has 0 amide bonds. The molecule has 29 heavy (non-hydrogen) atoms. The van der Waals surface area contributed by atoms with E-state index in [1.54, 1.807) is 26.0 Å². The molecule has 152 valence electrons. The summed E-state index contributed by atoms with van der Waals surface area (Å²) in [5.74, 6) is 1.61. The van der Waals surface area contributed by atoms with Gasteiger partial charge in [-0.05, 0) is 65.0 Å². The predicted octanol–water partition coefficient (Wildman–Crippen LogP) is 3.93. The molecular weight excluding hydrogens is 386 g/mol. The first kappa shape index (κ1) is 19.6. The van der Waals surface area contributed by atoms with Crippen LogP contribution in [0.15, 0.2) is 47.5 Å². The summed E-state index contributed by atoms with van der Waals surface area (Å²) in [6.07, 6.45) is 1.98. The Morgan fingerprint density at radius 1 is 1.00 bits per heavy atom. The summed E-state index contributed by atoms with van der Waals surface area (Å²) >= 11 is 0. The van der Waals surface area contributed by atoms with Crippen LogP contribution < -0.4 is 4.72 Å². The smallest absolute Gasteiger partial charge is 0.240 e. The van der Waals surface area contributed by atoms with Crippen LogP contribution in [0.2, 0.25) is 0 Å². The van der Waals surface area contributed by atoms with Crippen LogP contribution in [-0.4, -0.2) is 33.4 Å². The topological polar surface area (TPSA) is 81.3 Å². The summed E-state index contributed by atoms with van der Waals surface area (Å²) in [5, 5.41) is 0. The van der Waals surface area contributed by atoms with Crippen molar-refractivity contribution < 1.29 is 8.42 Å². The van der Waals surface area contributed by atoms with Gasteiger partial charge in [0.2, 0.25) is 10.0 Å². The van der Waals surface area contributed by atoms with Gasteiger partial charge in [0.15, 0.2) is 5.82 Å². The molecule has 3 heterocycles. The largest absolute Gasteiger partial charge is 0.320 e. The van der Waals surface area contributed by atoms with Crippen LogP contribution in [0.4, 0.5) is 0 Å². The van der Waals surface area contributed by atoms with E-state index in [1.165, 1.54) is 0 Å². The van der Waals surface area contributed by atoms with Gasteiger partial charge in [0.1, 0.15) is 11.5 Å². The maximum absolute atomic E-state index is 12.6. The lowest BCUT2D eigenvalue weighted by atomic mass is 10.2. The minimum atomic E-state index is -3.59. The third-order valence-corrected chi connectivity index (χ3v) is 6.47. The highest BCUT2D eigenvalue weighted by Gasteiger charge is 2.22. The number of benzene rings is 1. The zero-order valence-corrected chi connectivity index (χ0v) is 18.0. The average molecular weight is 412 g/mol. The van der Waals surface area contributed by atoms with Crippen LogP contribution in [0, 0.1) is 6.92 Å². The van der Waals surface area contributed by atoms with E-state index in [0.717, 1.165) is 28.4 Å². The van der Waals surface area contributed by atoms with E-state index in [-0.39, 0.29) is 17.0 Å². The lowest BCUT2D eigenvalue weighted by Crippen LogP contribution is -2.30. The van der Waals surface area contributed by atoms with Crippen LogP contribution in [-0.2, 0) is 10.0 Å². The summed E-state index contributed by atoms with van der Waals surface area (Å²) in [7, 11) is -3.59. The Morgan fingerprint density at radius 2 is 1.76 bits per heavy atom. The Balaban J connectivity index is 1.96. The lowest BCUT2D eigenvalue weighted by Gasteiger charge is -2.13. The maximum atomic E-state index is 12.6. The SMILES string of the molecule is Cc1nc(-c2nc3cc(S(=O)(=O)NC(C)C)ccc3n2C(C)C)c2ccccn12. The van der Waals surface area contributed by atoms with Crippen molar-refractivity contribution in [2.24, 2.45) is 0 Å². The second kappa shape index (κ2) is 6.96. The number of nitrogens with one attached hydrogen (secondary N) is 1. The van der Waals surface area contributed by atoms with E-state index >= 15 is 0 Å². The summed E-state index contributed by atoms with van der Waals surface area (Å²) in [6.45, 7) is 9.73. The molecule has 0 atom stereocenters. The fraction of sp³-hybridized carbons (Fsp3) is 0.333. The van der Waals surface area contributed by atoms with Crippen LogP contribution >= 0.6 is 0 Å². The standard InChI is InChI=1S/C21H25N5O2S/c1-13(2)24-29(27,28)16-9-10-18-17(12-16)23-21(26(18)14(3)4)20-19-8-6-7-11-25(19)15(5)22-20/h6-14,24H,1-5H3. The molecule has 0 aliphatic carbocycles. The quantitative estimate of drug-likeness (QED) is 0.540. The van der Waals surface area contributed by atoms with Gasteiger partial charge < -0.3 is 8.97 Å². The molecule has 0 spiro atoms. The van der Waals surface area contributed by atoms with E-state index in [1.807, 2.05) is 41.8 Å². The maximum Gasteiger partial charge on any atom is 0.240 e. The van der Waals surface area contributed by atoms with Crippen molar-refractivity contribution in [1.82, 2.24) is 23.7 Å². The highest BCUT2D eigenvalue weighted by Crippen LogP contribution is 2.31. The van der Waals surface area contributed by atoms with Crippen molar-refractivity contribution >= 4 is 26.6 Å². The Labute approximate surface area is 170 Å². The number of aromatic nitrogens is 4. The molecule has 0 unspecified atom stereocenters. The molecule has 0 bridgehead atoms. The number of sulfonamides is 1. The van der Waals surface area contributed by atoms with Crippen LogP contribution in [0.25, 0.3) is 28.1 Å². The second-order valence-electron chi connectivity index (χ2n) is 7.79. The Kier molecular flexibility index (Phi) is 4.71. The van der Waals surface area contributed by atoms with E-state index in [0.29, 0.717) is 5.52 Å². The zero-order chi connectivity index (χ0) is 20.9. The monoisotopic (exact) mass is 411 g/mol. The molecule has 4 aromatic rings. The van der Waals surface area contributed by atoms with Gasteiger partial charge in [-0.25, -0.2) is 23.1 Å². The molecule has 1 N–H and O–H groups in total. The minimum absolute atomic E-state index is 0.131. The van der Waals surface area contributed by atoms with E-state index in [9.17, 15) is 8.42 Å². The van der Waals surface area contributed by atoms with Crippen LogP contribution in [0.1, 0.15) is 39.6 Å². The summed E-state index contributed by atoms with van der Waals surface area (Å²) < 4.78 is 32.0. The van der Waals surface area contributed by atoms with Gasteiger partial charge in [-0.3, -0.25) is 0 Å². The number of aryl methyl sites for hydroxylation is 1. The number of pyridine rings is 1. The van der Waals surface area contributed by atoms with Crippen molar-refractivity contribution in [1.29, 1.82) is 0 Å². The lowest BCUT2D eigenvalue weighted by molar-refractivity contribution is 0.570. The van der Waals surface area contributed by atoms with Crippen LogP contribution in [0.5, 0.6) is 0 Å². The van der Waals surface area contributed by atoms with Gasteiger partial charge in [0, 0.05) is 18.3 Å². The Morgan fingerprint density at radius 3 is 2.45 bits per heavy atom. The fourth-order valence-corrected chi connectivity index (χ4v) is 4.94. The molecule has 0 radical (unpaired) electrons. The van der Waals surface area contributed by atoms with Gasteiger partial charge in [0.05, 0.1) is 21.4 Å². The third kappa shape index (κ3) is 3.32. The number of imidazole rings is 2. The number of nitrogens with zero attached hydrogens (tertiary/aromatic N) is 4. The molecule has 1 aromatic carbocycles. The highest BCUT2D eigenvalue weighted by atomic mass is 32.2.